The fourth-order valence-electron chi connectivity index (χ4n) is 5.55. The molecule has 2 saturated carbocycles. The van der Waals surface area contributed by atoms with Crippen molar-refractivity contribution in [3.8, 4) is 0 Å². The fourth-order valence-corrected chi connectivity index (χ4v) is 5.55. The Balaban J connectivity index is 1.45. The molecule has 2 heterocycles. The van der Waals surface area contributed by atoms with Crippen LogP contribution in [0, 0.1) is 17.8 Å². The third-order valence-corrected chi connectivity index (χ3v) is 6.79. The van der Waals surface area contributed by atoms with E-state index < -0.39 is 0 Å². The third-order valence-electron chi connectivity index (χ3n) is 6.79. The molecule has 0 aromatic heterocycles. The smallest absolute Gasteiger partial charge is 0.243 e. The normalized spacial score (nSPS) is 36.5. The summed E-state index contributed by atoms with van der Waals surface area (Å²) in [5.74, 6) is 0.145. The maximum atomic E-state index is 12.9. The number of amides is 3. The molecule has 0 aromatic rings. The molecule has 24 heavy (non-hydrogen) atoms. The van der Waals surface area contributed by atoms with Gasteiger partial charge in [-0.2, -0.15) is 0 Å². The molecule has 0 bridgehead atoms. The molecule has 5 heteroatoms. The number of nitrogens with zero attached hydrogens (tertiary/aromatic N) is 2. The highest BCUT2D eigenvalue weighted by Crippen LogP contribution is 2.39. The highest BCUT2D eigenvalue weighted by atomic mass is 16.2. The summed E-state index contributed by atoms with van der Waals surface area (Å²) >= 11 is 0. The van der Waals surface area contributed by atoms with Crippen molar-refractivity contribution in [3.05, 3.63) is 0 Å². The lowest BCUT2D eigenvalue weighted by molar-refractivity contribution is -0.149. The summed E-state index contributed by atoms with van der Waals surface area (Å²) in [6, 6.07) is 0.343. The van der Waals surface area contributed by atoms with Crippen LogP contribution in [-0.2, 0) is 14.4 Å². The molecular weight excluding hydrogens is 304 g/mol. The van der Waals surface area contributed by atoms with E-state index in [2.05, 4.69) is 0 Å². The number of hydrogen-bond acceptors (Lipinski definition) is 3. The van der Waals surface area contributed by atoms with Crippen LogP contribution in [0.4, 0.5) is 0 Å². The molecular formula is C19H28N2O3. The van der Waals surface area contributed by atoms with Crippen molar-refractivity contribution in [2.45, 2.75) is 70.3 Å². The SMILES string of the molecule is O=C1[C@H]2CCCC[C@H]2C(=O)N1CC(=O)N1CCCC2CCCCC21. The van der Waals surface area contributed by atoms with E-state index in [0.29, 0.717) is 12.0 Å². The van der Waals surface area contributed by atoms with E-state index in [0.717, 1.165) is 45.1 Å². The number of imide groups is 1. The van der Waals surface area contributed by atoms with Crippen molar-refractivity contribution < 1.29 is 14.4 Å². The first kappa shape index (κ1) is 16.1. The minimum atomic E-state index is -0.150. The standard InChI is InChI=1S/C19H28N2O3/c22-17(20-11-5-7-13-6-1-4-10-16(13)20)12-21-18(23)14-8-2-3-9-15(14)19(21)24/h13-16H,1-12H2/t13?,14-,15+,16?. The Morgan fingerprint density at radius 1 is 0.833 bits per heavy atom. The van der Waals surface area contributed by atoms with Crippen LogP contribution in [0.25, 0.3) is 0 Å². The zero-order chi connectivity index (χ0) is 16.7. The first-order chi connectivity index (χ1) is 11.7. The molecule has 5 nitrogen and oxygen atoms in total. The summed E-state index contributed by atoms with van der Waals surface area (Å²) in [6.07, 6.45) is 10.7. The highest BCUT2D eigenvalue weighted by molar-refractivity contribution is 6.07. The molecule has 4 fully saturated rings. The van der Waals surface area contributed by atoms with Crippen LogP contribution in [0.5, 0.6) is 0 Å². The van der Waals surface area contributed by atoms with Gasteiger partial charge in [0.25, 0.3) is 0 Å². The van der Waals surface area contributed by atoms with Gasteiger partial charge in [0, 0.05) is 12.6 Å². The topological polar surface area (TPSA) is 57.7 Å². The van der Waals surface area contributed by atoms with Gasteiger partial charge < -0.3 is 4.90 Å². The third kappa shape index (κ3) is 2.66. The van der Waals surface area contributed by atoms with Gasteiger partial charge in [0.1, 0.15) is 6.54 Å². The van der Waals surface area contributed by atoms with Gasteiger partial charge in [0.2, 0.25) is 17.7 Å². The van der Waals surface area contributed by atoms with Crippen molar-refractivity contribution in [3.63, 3.8) is 0 Å². The monoisotopic (exact) mass is 332 g/mol. The van der Waals surface area contributed by atoms with Crippen molar-refractivity contribution in [1.29, 1.82) is 0 Å². The summed E-state index contributed by atoms with van der Waals surface area (Å²) in [5.41, 5.74) is 0. The fraction of sp³-hybridized carbons (Fsp3) is 0.842. The van der Waals surface area contributed by atoms with Gasteiger partial charge in [-0.05, 0) is 44.4 Å². The van der Waals surface area contributed by atoms with Gasteiger partial charge >= 0.3 is 0 Å². The summed E-state index contributed by atoms with van der Waals surface area (Å²) in [7, 11) is 0. The Hall–Kier alpha value is -1.39. The highest BCUT2D eigenvalue weighted by Gasteiger charge is 2.49. The van der Waals surface area contributed by atoms with Crippen LogP contribution < -0.4 is 0 Å². The summed E-state index contributed by atoms with van der Waals surface area (Å²) in [4.78, 5) is 41.3. The molecule has 0 spiro atoms. The van der Waals surface area contributed by atoms with E-state index in [-0.39, 0.29) is 36.1 Å². The van der Waals surface area contributed by atoms with Crippen LogP contribution in [0.1, 0.15) is 64.2 Å². The molecule has 0 N–H and O–H groups in total. The molecule has 4 atom stereocenters. The lowest BCUT2D eigenvalue weighted by Crippen LogP contribution is -2.53. The van der Waals surface area contributed by atoms with E-state index >= 15 is 0 Å². The number of piperidine rings is 1. The number of hydrogen-bond donors (Lipinski definition) is 0. The predicted molar refractivity (Wildman–Crippen MR) is 88.9 cm³/mol. The Kier molecular flexibility index (Phi) is 4.35. The van der Waals surface area contributed by atoms with E-state index in [1.165, 1.54) is 30.6 Å². The van der Waals surface area contributed by atoms with Gasteiger partial charge in [-0.1, -0.05) is 25.7 Å². The number of carbonyl (C=O) groups excluding carboxylic acids is 3. The van der Waals surface area contributed by atoms with E-state index in [9.17, 15) is 14.4 Å². The molecule has 4 aliphatic rings. The largest absolute Gasteiger partial charge is 0.338 e. The number of likely N-dealkylation sites (tertiary alicyclic amines) is 2. The van der Waals surface area contributed by atoms with E-state index in [1.54, 1.807) is 0 Å². The summed E-state index contributed by atoms with van der Waals surface area (Å²) in [5, 5.41) is 0. The number of fused-ring (bicyclic) bond motifs is 2. The zero-order valence-corrected chi connectivity index (χ0v) is 14.4. The Morgan fingerprint density at radius 2 is 1.42 bits per heavy atom. The second kappa shape index (κ2) is 6.49. The molecule has 4 rings (SSSR count). The minimum absolute atomic E-state index is 0.00746. The molecule has 2 unspecified atom stereocenters. The molecule has 0 aromatic carbocycles. The molecule has 0 radical (unpaired) electrons. The van der Waals surface area contributed by atoms with Gasteiger partial charge in [-0.3, -0.25) is 19.3 Å². The second-order valence-electron chi connectivity index (χ2n) is 8.10. The summed E-state index contributed by atoms with van der Waals surface area (Å²) in [6.45, 7) is 0.775. The van der Waals surface area contributed by atoms with Gasteiger partial charge in [-0.15, -0.1) is 0 Å². The van der Waals surface area contributed by atoms with Crippen LogP contribution in [0.15, 0.2) is 0 Å². The van der Waals surface area contributed by atoms with Crippen LogP contribution in [-0.4, -0.2) is 46.7 Å². The van der Waals surface area contributed by atoms with Gasteiger partial charge in [0.15, 0.2) is 0 Å². The molecule has 2 aliphatic heterocycles. The van der Waals surface area contributed by atoms with Gasteiger partial charge in [-0.25, -0.2) is 0 Å². The summed E-state index contributed by atoms with van der Waals surface area (Å²) < 4.78 is 0. The molecule has 3 amide bonds. The molecule has 2 saturated heterocycles. The Bertz CT molecular complexity index is 521. The Morgan fingerprint density at radius 3 is 2.12 bits per heavy atom. The van der Waals surface area contributed by atoms with E-state index in [1.807, 2.05) is 4.90 Å². The van der Waals surface area contributed by atoms with Crippen LogP contribution in [0.2, 0.25) is 0 Å². The molecule has 132 valence electrons. The van der Waals surface area contributed by atoms with Crippen molar-refractivity contribution in [2.24, 2.45) is 17.8 Å². The minimum Gasteiger partial charge on any atom is -0.338 e. The lowest BCUT2D eigenvalue weighted by atomic mass is 9.78. The first-order valence-corrected chi connectivity index (χ1v) is 9.81. The lowest BCUT2D eigenvalue weighted by Gasteiger charge is -2.44. The zero-order valence-electron chi connectivity index (χ0n) is 14.4. The quantitative estimate of drug-likeness (QED) is 0.729. The average Bonchev–Trinajstić information content (AvgIpc) is 2.86. The van der Waals surface area contributed by atoms with Crippen molar-refractivity contribution in [1.82, 2.24) is 9.80 Å². The van der Waals surface area contributed by atoms with E-state index in [4.69, 9.17) is 0 Å². The average molecular weight is 332 g/mol. The number of rotatable bonds is 2. The first-order valence-electron chi connectivity index (χ1n) is 9.81. The maximum absolute atomic E-state index is 12.9. The van der Waals surface area contributed by atoms with Gasteiger partial charge in [0.05, 0.1) is 11.8 Å². The van der Waals surface area contributed by atoms with Crippen molar-refractivity contribution in [2.75, 3.05) is 13.1 Å². The Labute approximate surface area is 143 Å². The number of carbonyl (C=O) groups is 3. The maximum Gasteiger partial charge on any atom is 0.243 e. The molecule has 2 aliphatic carbocycles. The van der Waals surface area contributed by atoms with Crippen molar-refractivity contribution >= 4 is 17.7 Å². The van der Waals surface area contributed by atoms with Crippen LogP contribution in [0.3, 0.4) is 0 Å². The van der Waals surface area contributed by atoms with Crippen LogP contribution >= 0.6 is 0 Å². The second-order valence-corrected chi connectivity index (χ2v) is 8.10. The predicted octanol–water partition coefficient (Wildman–Crippen LogP) is 2.34.